The molecule has 3 rings (SSSR count). The number of aliphatic imine (C=N–C) groups is 1. The van der Waals surface area contributed by atoms with Crippen LogP contribution in [0.2, 0.25) is 5.02 Å². The summed E-state index contributed by atoms with van der Waals surface area (Å²) < 4.78 is 23.7. The van der Waals surface area contributed by atoms with Gasteiger partial charge in [-0.3, -0.25) is 4.99 Å². The van der Waals surface area contributed by atoms with Crippen LogP contribution in [0.5, 0.6) is 5.75 Å². The lowest BCUT2D eigenvalue weighted by molar-refractivity contribution is 0.414. The summed E-state index contributed by atoms with van der Waals surface area (Å²) >= 11 is 6.27. The Bertz CT molecular complexity index is 989. The molecular weight excluding hydrogens is 407 g/mol. The molecule has 30 heavy (non-hydrogen) atoms. The zero-order valence-corrected chi connectivity index (χ0v) is 17.7. The highest BCUT2D eigenvalue weighted by Crippen LogP contribution is 2.22. The molecule has 2 aromatic carbocycles. The molecular formula is C22H24ClFN4O2. The lowest BCUT2D eigenvalue weighted by atomic mass is 10.1. The molecule has 0 aliphatic rings. The number of guanidine groups is 1. The van der Waals surface area contributed by atoms with Crippen molar-refractivity contribution in [3.63, 3.8) is 0 Å². The van der Waals surface area contributed by atoms with Crippen molar-refractivity contribution in [2.24, 2.45) is 4.99 Å². The number of halogens is 2. The van der Waals surface area contributed by atoms with E-state index in [1.165, 1.54) is 12.1 Å². The number of oxazole rings is 1. The summed E-state index contributed by atoms with van der Waals surface area (Å²) in [7, 11) is 3.34. The summed E-state index contributed by atoms with van der Waals surface area (Å²) in [4.78, 5) is 8.67. The van der Waals surface area contributed by atoms with E-state index in [4.69, 9.17) is 20.8 Å². The third-order valence-electron chi connectivity index (χ3n) is 4.49. The standard InChI is InChI=1S/C22H24ClFN4O2/c1-25-22(26-11-9-15-5-8-19(29-2)13-20(15)23)27-12-10-18-14-30-21(28-18)16-3-6-17(24)7-4-16/h3-8,13-14H,9-12H2,1-2H3,(H2,25,26,27). The molecule has 1 heterocycles. The van der Waals surface area contributed by atoms with E-state index in [0.717, 1.165) is 29.0 Å². The molecule has 6 nitrogen and oxygen atoms in total. The minimum atomic E-state index is -0.289. The Labute approximate surface area is 180 Å². The molecule has 2 N–H and O–H groups in total. The number of ether oxygens (including phenoxy) is 1. The minimum Gasteiger partial charge on any atom is -0.497 e. The molecule has 0 spiro atoms. The summed E-state index contributed by atoms with van der Waals surface area (Å²) in [5.41, 5.74) is 2.59. The molecule has 158 valence electrons. The minimum absolute atomic E-state index is 0.289. The van der Waals surface area contributed by atoms with E-state index >= 15 is 0 Å². The highest BCUT2D eigenvalue weighted by Gasteiger charge is 2.08. The van der Waals surface area contributed by atoms with Crippen LogP contribution in [0.3, 0.4) is 0 Å². The quantitative estimate of drug-likeness (QED) is 0.416. The first-order valence-electron chi connectivity index (χ1n) is 9.56. The second-order valence-corrected chi connectivity index (χ2v) is 6.94. The summed E-state index contributed by atoms with van der Waals surface area (Å²) in [5.74, 6) is 1.62. The molecule has 0 fully saturated rings. The fourth-order valence-electron chi connectivity index (χ4n) is 2.85. The number of aromatic nitrogens is 1. The molecule has 0 unspecified atom stereocenters. The monoisotopic (exact) mass is 430 g/mol. The first-order valence-corrected chi connectivity index (χ1v) is 9.94. The lowest BCUT2D eigenvalue weighted by Gasteiger charge is -2.12. The number of nitrogens with zero attached hydrogens (tertiary/aromatic N) is 2. The first-order chi connectivity index (χ1) is 14.6. The van der Waals surface area contributed by atoms with Gasteiger partial charge in [0.25, 0.3) is 0 Å². The third-order valence-corrected chi connectivity index (χ3v) is 4.84. The smallest absolute Gasteiger partial charge is 0.226 e. The van der Waals surface area contributed by atoms with Crippen molar-refractivity contribution < 1.29 is 13.5 Å². The summed E-state index contributed by atoms with van der Waals surface area (Å²) in [6.07, 6.45) is 3.03. The molecule has 1 aromatic heterocycles. The van der Waals surface area contributed by atoms with Gasteiger partial charge in [-0.15, -0.1) is 0 Å². The van der Waals surface area contributed by atoms with Gasteiger partial charge < -0.3 is 19.8 Å². The molecule has 0 saturated heterocycles. The van der Waals surface area contributed by atoms with Crippen molar-refractivity contribution >= 4 is 17.6 Å². The van der Waals surface area contributed by atoms with Gasteiger partial charge in [0.05, 0.1) is 12.8 Å². The van der Waals surface area contributed by atoms with Gasteiger partial charge in [-0.1, -0.05) is 17.7 Å². The Morgan fingerprint density at radius 1 is 1.13 bits per heavy atom. The molecule has 8 heteroatoms. The maximum Gasteiger partial charge on any atom is 0.226 e. The molecule has 0 aliphatic carbocycles. The number of benzene rings is 2. The van der Waals surface area contributed by atoms with Crippen LogP contribution in [0.1, 0.15) is 11.3 Å². The van der Waals surface area contributed by atoms with E-state index in [9.17, 15) is 4.39 Å². The van der Waals surface area contributed by atoms with E-state index in [1.807, 2.05) is 18.2 Å². The predicted octanol–water partition coefficient (Wildman–Crippen LogP) is 4.09. The predicted molar refractivity (Wildman–Crippen MR) is 117 cm³/mol. The summed E-state index contributed by atoms with van der Waals surface area (Å²) in [5, 5.41) is 7.20. The van der Waals surface area contributed by atoms with Crippen LogP contribution in [0.4, 0.5) is 4.39 Å². The first kappa shape index (κ1) is 21.6. The highest BCUT2D eigenvalue weighted by molar-refractivity contribution is 6.31. The topological polar surface area (TPSA) is 71.7 Å². The van der Waals surface area contributed by atoms with Gasteiger partial charge in [0.1, 0.15) is 17.8 Å². The number of hydrogen-bond donors (Lipinski definition) is 2. The van der Waals surface area contributed by atoms with Crippen LogP contribution < -0.4 is 15.4 Å². The van der Waals surface area contributed by atoms with E-state index < -0.39 is 0 Å². The number of nitrogens with one attached hydrogen (secondary N) is 2. The largest absolute Gasteiger partial charge is 0.497 e. The lowest BCUT2D eigenvalue weighted by Crippen LogP contribution is -2.39. The zero-order chi connectivity index (χ0) is 21.3. The maximum atomic E-state index is 13.0. The molecule has 0 atom stereocenters. The van der Waals surface area contributed by atoms with Gasteiger partial charge in [-0.2, -0.15) is 0 Å². The fraction of sp³-hybridized carbons (Fsp3) is 0.273. The van der Waals surface area contributed by atoms with Crippen LogP contribution in [-0.4, -0.2) is 38.2 Å². The van der Waals surface area contributed by atoms with E-state index in [-0.39, 0.29) is 5.82 Å². The SMILES string of the molecule is CN=C(NCCc1coc(-c2ccc(F)cc2)n1)NCCc1ccc(OC)cc1Cl. The maximum absolute atomic E-state index is 13.0. The molecule has 0 bridgehead atoms. The Balaban J connectivity index is 1.43. The van der Waals surface area contributed by atoms with Crippen LogP contribution in [-0.2, 0) is 12.8 Å². The summed E-state index contributed by atoms with van der Waals surface area (Å²) in [6.45, 7) is 1.32. The van der Waals surface area contributed by atoms with Crippen molar-refractivity contribution in [2.75, 3.05) is 27.2 Å². The van der Waals surface area contributed by atoms with Crippen molar-refractivity contribution in [3.05, 3.63) is 70.8 Å². The van der Waals surface area contributed by atoms with Crippen molar-refractivity contribution in [3.8, 4) is 17.2 Å². The molecule has 0 radical (unpaired) electrons. The van der Waals surface area contributed by atoms with Crippen LogP contribution in [0.15, 0.2) is 58.1 Å². The molecule has 0 saturated carbocycles. The van der Waals surface area contributed by atoms with Crippen LogP contribution in [0.25, 0.3) is 11.5 Å². The Kier molecular flexibility index (Phi) is 7.68. The number of hydrogen-bond acceptors (Lipinski definition) is 4. The van der Waals surface area contributed by atoms with Crippen molar-refractivity contribution in [1.29, 1.82) is 0 Å². The molecule has 0 amide bonds. The third kappa shape index (κ3) is 5.97. The van der Waals surface area contributed by atoms with Gasteiger partial charge in [0.15, 0.2) is 5.96 Å². The van der Waals surface area contributed by atoms with E-state index in [2.05, 4.69) is 20.6 Å². The van der Waals surface area contributed by atoms with Crippen LogP contribution >= 0.6 is 11.6 Å². The Morgan fingerprint density at radius 2 is 1.87 bits per heavy atom. The highest BCUT2D eigenvalue weighted by atomic mass is 35.5. The van der Waals surface area contributed by atoms with Gasteiger partial charge in [-0.25, -0.2) is 9.37 Å². The second-order valence-electron chi connectivity index (χ2n) is 6.53. The van der Waals surface area contributed by atoms with Crippen molar-refractivity contribution in [1.82, 2.24) is 15.6 Å². The van der Waals surface area contributed by atoms with Crippen molar-refractivity contribution in [2.45, 2.75) is 12.8 Å². The Hall–Kier alpha value is -3.06. The summed E-state index contributed by atoms with van der Waals surface area (Å²) in [6, 6.07) is 11.7. The molecule has 0 aliphatic heterocycles. The van der Waals surface area contributed by atoms with Gasteiger partial charge in [0.2, 0.25) is 5.89 Å². The fourth-order valence-corrected chi connectivity index (χ4v) is 3.11. The second kappa shape index (κ2) is 10.6. The number of methoxy groups -OCH3 is 1. The van der Waals surface area contributed by atoms with E-state index in [1.54, 1.807) is 32.6 Å². The average Bonchev–Trinajstić information content (AvgIpc) is 3.23. The zero-order valence-electron chi connectivity index (χ0n) is 16.9. The Morgan fingerprint density at radius 3 is 2.53 bits per heavy atom. The van der Waals surface area contributed by atoms with Gasteiger partial charge in [0, 0.05) is 37.1 Å². The molecule has 3 aromatic rings. The van der Waals surface area contributed by atoms with E-state index in [0.29, 0.717) is 36.4 Å². The normalized spacial score (nSPS) is 11.4. The average molecular weight is 431 g/mol. The van der Waals surface area contributed by atoms with Gasteiger partial charge >= 0.3 is 0 Å². The number of rotatable bonds is 8. The van der Waals surface area contributed by atoms with Gasteiger partial charge in [-0.05, 0) is 48.4 Å². The van der Waals surface area contributed by atoms with Crippen LogP contribution in [0, 0.1) is 5.82 Å².